The van der Waals surface area contributed by atoms with Gasteiger partial charge in [-0.25, -0.2) is 9.59 Å². The van der Waals surface area contributed by atoms with Crippen molar-refractivity contribution in [3.63, 3.8) is 0 Å². The fourth-order valence-corrected chi connectivity index (χ4v) is 2.92. The number of nitrogens with one attached hydrogen (secondary N) is 2. The van der Waals surface area contributed by atoms with Crippen LogP contribution in [-0.2, 0) is 20.8 Å². The summed E-state index contributed by atoms with van der Waals surface area (Å²) in [5, 5.41) is 5.57. The highest BCUT2D eigenvalue weighted by molar-refractivity contribution is 5.68. The number of alkyl carbamates (subject to hydrolysis) is 2. The van der Waals surface area contributed by atoms with Crippen molar-refractivity contribution in [2.45, 2.75) is 45.4 Å². The van der Waals surface area contributed by atoms with Crippen LogP contribution < -0.4 is 10.6 Å². The molecule has 2 amide bonds. The molecule has 1 aliphatic rings. The average Bonchev–Trinajstić information content (AvgIpc) is 3.09. The third-order valence-electron chi connectivity index (χ3n) is 4.27. The topological polar surface area (TPSA) is 89.1 Å². The molecule has 0 aliphatic carbocycles. The average molecular weight is 408 g/mol. The Kier molecular flexibility index (Phi) is 9.21. The molecule has 1 aromatic carbocycles. The summed E-state index contributed by atoms with van der Waals surface area (Å²) in [5.74, 6) is 0. The normalized spacial score (nSPS) is 17.0. The maximum Gasteiger partial charge on any atom is 0.407 e. The molecule has 1 aromatic rings. The van der Waals surface area contributed by atoms with Gasteiger partial charge in [-0.2, -0.15) is 0 Å². The summed E-state index contributed by atoms with van der Waals surface area (Å²) in [6, 6.07) is 9.64. The SMILES string of the molecule is CC(C)(C)OC(=O)N[C@H]1CCN(CCOCCNC(=O)OCc2ccccc2)C1. The van der Waals surface area contributed by atoms with Crippen molar-refractivity contribution >= 4 is 12.2 Å². The van der Waals surface area contributed by atoms with Gasteiger partial charge < -0.3 is 24.8 Å². The Morgan fingerprint density at radius 3 is 2.62 bits per heavy atom. The fraction of sp³-hybridized carbons (Fsp3) is 0.619. The van der Waals surface area contributed by atoms with Crippen molar-refractivity contribution in [3.05, 3.63) is 35.9 Å². The highest BCUT2D eigenvalue weighted by atomic mass is 16.6. The monoisotopic (exact) mass is 407 g/mol. The van der Waals surface area contributed by atoms with Gasteiger partial charge >= 0.3 is 12.2 Å². The molecule has 2 rings (SSSR count). The highest BCUT2D eigenvalue weighted by Gasteiger charge is 2.25. The number of amides is 2. The molecular formula is C21H33N3O5. The van der Waals surface area contributed by atoms with E-state index in [4.69, 9.17) is 14.2 Å². The maximum atomic E-state index is 11.8. The third kappa shape index (κ3) is 10.1. The zero-order chi connectivity index (χ0) is 21.1. The first-order valence-electron chi connectivity index (χ1n) is 10.1. The molecular weight excluding hydrogens is 374 g/mol. The first-order valence-corrected chi connectivity index (χ1v) is 10.1. The van der Waals surface area contributed by atoms with Crippen molar-refractivity contribution < 1.29 is 23.8 Å². The summed E-state index contributed by atoms with van der Waals surface area (Å²) in [6.45, 7) is 9.67. The number of carbonyl (C=O) groups is 2. The van der Waals surface area contributed by atoms with E-state index in [1.807, 2.05) is 51.1 Å². The molecule has 0 radical (unpaired) electrons. The zero-order valence-electron chi connectivity index (χ0n) is 17.6. The van der Waals surface area contributed by atoms with Gasteiger partial charge in [0, 0.05) is 32.2 Å². The molecule has 0 unspecified atom stereocenters. The third-order valence-corrected chi connectivity index (χ3v) is 4.27. The predicted molar refractivity (Wildman–Crippen MR) is 110 cm³/mol. The molecule has 162 valence electrons. The van der Waals surface area contributed by atoms with E-state index in [0.29, 0.717) is 19.8 Å². The van der Waals surface area contributed by atoms with E-state index >= 15 is 0 Å². The lowest BCUT2D eigenvalue weighted by molar-refractivity contribution is 0.0504. The number of hydrogen-bond acceptors (Lipinski definition) is 6. The van der Waals surface area contributed by atoms with E-state index in [-0.39, 0.29) is 18.7 Å². The van der Waals surface area contributed by atoms with Gasteiger partial charge in [0.05, 0.1) is 13.2 Å². The molecule has 1 heterocycles. The second-order valence-electron chi connectivity index (χ2n) is 8.03. The van der Waals surface area contributed by atoms with Crippen LogP contribution in [0.25, 0.3) is 0 Å². The molecule has 0 aromatic heterocycles. The molecule has 1 saturated heterocycles. The number of ether oxygens (including phenoxy) is 3. The smallest absolute Gasteiger partial charge is 0.407 e. The maximum absolute atomic E-state index is 11.8. The molecule has 8 nitrogen and oxygen atoms in total. The van der Waals surface area contributed by atoms with Gasteiger partial charge in [0.25, 0.3) is 0 Å². The largest absolute Gasteiger partial charge is 0.445 e. The summed E-state index contributed by atoms with van der Waals surface area (Å²) in [7, 11) is 0. The minimum atomic E-state index is -0.488. The second-order valence-corrected chi connectivity index (χ2v) is 8.03. The van der Waals surface area contributed by atoms with Crippen LogP contribution in [0.4, 0.5) is 9.59 Å². The van der Waals surface area contributed by atoms with Gasteiger partial charge in [0.1, 0.15) is 12.2 Å². The van der Waals surface area contributed by atoms with Crippen molar-refractivity contribution in [3.8, 4) is 0 Å². The van der Waals surface area contributed by atoms with E-state index in [9.17, 15) is 9.59 Å². The van der Waals surface area contributed by atoms with Crippen LogP contribution in [0.2, 0.25) is 0 Å². The van der Waals surface area contributed by atoms with Crippen molar-refractivity contribution in [2.24, 2.45) is 0 Å². The van der Waals surface area contributed by atoms with Crippen molar-refractivity contribution in [1.29, 1.82) is 0 Å². The van der Waals surface area contributed by atoms with Crippen LogP contribution in [0, 0.1) is 0 Å². The van der Waals surface area contributed by atoms with Crippen LogP contribution in [0.1, 0.15) is 32.8 Å². The number of likely N-dealkylation sites (tertiary alicyclic amines) is 1. The molecule has 0 spiro atoms. The standard InChI is InChI=1S/C21H33N3O5/c1-21(2,3)29-20(26)23-18-9-11-24(15-18)12-14-27-13-10-22-19(25)28-16-17-7-5-4-6-8-17/h4-8,18H,9-16H2,1-3H3,(H,22,25)(H,23,26)/t18-/m0/s1. The number of benzene rings is 1. The number of carbonyl (C=O) groups excluding carboxylic acids is 2. The molecule has 0 saturated carbocycles. The molecule has 1 aliphatic heterocycles. The second kappa shape index (κ2) is 11.6. The fourth-order valence-electron chi connectivity index (χ4n) is 2.92. The van der Waals surface area contributed by atoms with Crippen molar-refractivity contribution in [1.82, 2.24) is 15.5 Å². The van der Waals surface area contributed by atoms with Crippen LogP contribution in [-0.4, -0.2) is 68.1 Å². The van der Waals surface area contributed by atoms with E-state index < -0.39 is 11.7 Å². The summed E-state index contributed by atoms with van der Waals surface area (Å²) >= 11 is 0. The van der Waals surface area contributed by atoms with Gasteiger partial charge in [-0.3, -0.25) is 4.90 Å². The first kappa shape index (κ1) is 23.0. The Bertz CT molecular complexity index is 633. The molecule has 1 atom stereocenters. The van der Waals surface area contributed by atoms with Gasteiger partial charge in [-0.15, -0.1) is 0 Å². The van der Waals surface area contributed by atoms with Crippen LogP contribution in [0.5, 0.6) is 0 Å². The van der Waals surface area contributed by atoms with Gasteiger partial charge in [-0.1, -0.05) is 30.3 Å². The lowest BCUT2D eigenvalue weighted by Gasteiger charge is -2.22. The lowest BCUT2D eigenvalue weighted by atomic mass is 10.2. The van der Waals surface area contributed by atoms with Crippen LogP contribution in [0.3, 0.4) is 0 Å². The molecule has 1 fully saturated rings. The Labute approximate surface area is 172 Å². The van der Waals surface area contributed by atoms with Gasteiger partial charge in [-0.05, 0) is 32.8 Å². The van der Waals surface area contributed by atoms with E-state index in [2.05, 4.69) is 15.5 Å². The molecule has 2 N–H and O–H groups in total. The number of hydrogen-bond donors (Lipinski definition) is 2. The molecule has 0 bridgehead atoms. The molecule has 29 heavy (non-hydrogen) atoms. The molecule has 8 heteroatoms. The summed E-state index contributed by atoms with van der Waals surface area (Å²) in [4.78, 5) is 25.7. The predicted octanol–water partition coefficient (Wildman–Crippen LogP) is 2.53. The summed E-state index contributed by atoms with van der Waals surface area (Å²) < 4.78 is 16.0. The quantitative estimate of drug-likeness (QED) is 0.612. The van der Waals surface area contributed by atoms with Crippen LogP contribution in [0.15, 0.2) is 30.3 Å². The Morgan fingerprint density at radius 2 is 1.90 bits per heavy atom. The summed E-state index contributed by atoms with van der Waals surface area (Å²) in [6.07, 6.45) is 0.0764. The Balaban J connectivity index is 1.46. The Morgan fingerprint density at radius 1 is 1.14 bits per heavy atom. The number of nitrogens with zero attached hydrogens (tertiary/aromatic N) is 1. The van der Waals surface area contributed by atoms with Gasteiger partial charge in [0.15, 0.2) is 0 Å². The number of rotatable bonds is 9. The van der Waals surface area contributed by atoms with Crippen molar-refractivity contribution in [2.75, 3.05) is 39.4 Å². The zero-order valence-corrected chi connectivity index (χ0v) is 17.6. The van der Waals surface area contributed by atoms with Crippen LogP contribution >= 0.6 is 0 Å². The van der Waals surface area contributed by atoms with E-state index in [1.54, 1.807) is 0 Å². The van der Waals surface area contributed by atoms with E-state index in [0.717, 1.165) is 31.6 Å². The van der Waals surface area contributed by atoms with Gasteiger partial charge in [0.2, 0.25) is 0 Å². The lowest BCUT2D eigenvalue weighted by Crippen LogP contribution is -2.40. The van der Waals surface area contributed by atoms with E-state index in [1.165, 1.54) is 0 Å². The first-order chi connectivity index (χ1) is 13.8. The highest BCUT2D eigenvalue weighted by Crippen LogP contribution is 2.11. The minimum Gasteiger partial charge on any atom is -0.445 e. The summed E-state index contributed by atoms with van der Waals surface area (Å²) in [5.41, 5.74) is 0.460. The minimum absolute atomic E-state index is 0.103. The Hall–Kier alpha value is -2.32.